The number of aromatic hydroxyl groups is 1. The van der Waals surface area contributed by atoms with Crippen molar-refractivity contribution in [2.45, 2.75) is 11.8 Å². The average Bonchev–Trinajstić information content (AvgIpc) is 3.36. The number of hydrogen-bond donors (Lipinski definition) is 2. The summed E-state index contributed by atoms with van der Waals surface area (Å²) in [7, 11) is -3.96. The van der Waals surface area contributed by atoms with Crippen LogP contribution in [0.25, 0.3) is 16.5 Å². The van der Waals surface area contributed by atoms with Crippen LogP contribution in [0.15, 0.2) is 128 Å². The Morgan fingerprint density at radius 1 is 0.780 bits per heavy atom. The van der Waals surface area contributed by atoms with Crippen molar-refractivity contribution in [2.75, 3.05) is 0 Å². The monoisotopic (exact) mass is 738 g/mol. The van der Waals surface area contributed by atoms with Gasteiger partial charge in [0.25, 0.3) is 5.69 Å². The molecule has 0 atom stereocenters. The molecule has 0 aliphatic heterocycles. The number of hydrogen-bond acceptors (Lipinski definition) is 13. The third-order valence-corrected chi connectivity index (χ3v) is 7.71. The second-order valence-corrected chi connectivity index (χ2v) is 11.7. The zero-order chi connectivity index (χ0) is 35.3. The van der Waals surface area contributed by atoms with E-state index in [9.17, 15) is 39.0 Å². The molecule has 0 spiro atoms. The predicted octanol–water partition coefficient (Wildman–Crippen LogP) is 5.33. The van der Waals surface area contributed by atoms with Gasteiger partial charge in [-0.2, -0.15) is 15.3 Å². The Morgan fingerprint density at radius 3 is 2.04 bits per heavy atom. The van der Waals surface area contributed by atoms with Crippen LogP contribution < -0.4 is 20.5 Å². The molecule has 6 rings (SSSR count). The van der Waals surface area contributed by atoms with Crippen molar-refractivity contribution in [3.8, 4) is 28.8 Å². The van der Waals surface area contributed by atoms with Crippen molar-refractivity contribution in [3.63, 3.8) is 0 Å². The van der Waals surface area contributed by atoms with Gasteiger partial charge in [-0.05, 0) is 42.6 Å². The van der Waals surface area contributed by atoms with E-state index in [1.165, 1.54) is 10.7 Å². The van der Waals surface area contributed by atoms with E-state index in [4.69, 9.17) is 5.14 Å². The fraction of sp³-hybridized carbons (Fsp3) is 0.0312. The molecule has 0 aliphatic rings. The summed E-state index contributed by atoms with van der Waals surface area (Å²) in [5.74, 6) is -1.64. The summed E-state index contributed by atoms with van der Waals surface area (Å²) in [6, 6.07) is 25.5. The smallest absolute Gasteiger partial charge is 0.871 e. The van der Waals surface area contributed by atoms with Crippen molar-refractivity contribution in [2.24, 2.45) is 25.6 Å². The molecule has 6 aromatic rings. The quantitative estimate of drug-likeness (QED) is 0.122. The fourth-order valence-corrected chi connectivity index (χ4v) is 4.90. The van der Waals surface area contributed by atoms with Crippen LogP contribution in [-0.2, 0) is 26.8 Å². The van der Waals surface area contributed by atoms with Crippen LogP contribution in [0.3, 0.4) is 0 Å². The second kappa shape index (κ2) is 15.3. The van der Waals surface area contributed by atoms with Crippen LogP contribution in [0.2, 0.25) is 0 Å². The van der Waals surface area contributed by atoms with Crippen LogP contribution in [0.4, 0.5) is 28.4 Å². The molecule has 0 unspecified atom stereocenters. The summed E-state index contributed by atoms with van der Waals surface area (Å²) in [5, 5.41) is 82.6. The minimum absolute atomic E-state index is 0. The maximum atomic E-state index is 12.4. The Labute approximate surface area is 293 Å². The molecule has 0 fully saturated rings. The first-order valence-electron chi connectivity index (χ1n) is 14.0. The summed E-state index contributed by atoms with van der Waals surface area (Å²) in [5.41, 5.74) is 0.359. The number of benzene rings is 5. The molecule has 16 nitrogen and oxygen atoms in total. The Kier molecular flexibility index (Phi) is 11.2. The van der Waals surface area contributed by atoms with Gasteiger partial charge < -0.3 is 20.4 Å². The molecule has 3 N–H and O–H groups in total. The van der Waals surface area contributed by atoms with Crippen molar-refractivity contribution in [1.82, 2.24) is 9.78 Å². The summed E-state index contributed by atoms with van der Waals surface area (Å²) in [4.78, 5) is 9.89. The number of non-ortho nitro benzene ring substituents is 1. The maximum absolute atomic E-state index is 12.4. The van der Waals surface area contributed by atoms with E-state index >= 15 is 0 Å². The van der Waals surface area contributed by atoms with Gasteiger partial charge in [0.15, 0.2) is 0 Å². The zero-order valence-electron chi connectivity index (χ0n) is 25.6. The third kappa shape index (κ3) is 8.25. The molecule has 5 aromatic carbocycles. The third-order valence-electron chi connectivity index (χ3n) is 6.80. The number of aryl methyl sites for hydroxylation is 1. The number of para-hydroxylation sites is 1. The SMILES string of the molecule is Cc1nn(-c2ccccc2)c([O-])c1N=Nc1cc([N+](=O)[O-])ccc1[O-].NS(=O)(=O)c1ccc([O-])c(N=Nc2c(O)ccc3ccccc23)c1.[Co+3]. The van der Waals surface area contributed by atoms with Crippen molar-refractivity contribution < 1.29 is 50.5 Å². The normalized spacial score (nSPS) is 11.3. The molecule has 0 saturated carbocycles. The minimum atomic E-state index is -3.96. The van der Waals surface area contributed by atoms with Crippen LogP contribution in [-0.4, -0.2) is 28.2 Å². The molecule has 0 saturated heterocycles. The van der Waals surface area contributed by atoms with E-state index in [1.807, 2.05) is 18.2 Å². The van der Waals surface area contributed by atoms with Gasteiger partial charge in [0, 0.05) is 23.4 Å². The van der Waals surface area contributed by atoms with Crippen molar-refractivity contribution >= 4 is 49.2 Å². The second-order valence-electron chi connectivity index (χ2n) is 10.1. The predicted molar refractivity (Wildman–Crippen MR) is 172 cm³/mol. The standard InChI is InChI=1S/C16H13N5O4.C16H13N3O4S.Co/c1-10-15(16(23)20(19-10)11-5-3-2-4-6-11)18-17-13-9-12(21(24)25)7-8-14(13)22;17-24(22,23)11-6-8-14(20)13(9-11)18-19-16-12-4-2-1-3-10(12)5-7-15(16)21;/h2-9,22-23H,1H3;1-9,20-21H,(H2,17,22,23);/q;;+3/p-3. The Balaban J connectivity index is 0.000000220. The number of aromatic nitrogens is 2. The molecule has 254 valence electrons. The number of rotatable bonds is 7. The first kappa shape index (κ1) is 36.6. The number of nitrogens with zero attached hydrogens (tertiary/aromatic N) is 7. The maximum Gasteiger partial charge on any atom is 3.00 e. The van der Waals surface area contributed by atoms with E-state index in [0.29, 0.717) is 16.8 Å². The molecule has 0 aliphatic carbocycles. The fourth-order valence-electron chi connectivity index (χ4n) is 4.36. The number of phenols is 1. The average molecular weight is 739 g/mol. The largest absolute Gasteiger partial charge is 3.00 e. The van der Waals surface area contributed by atoms with E-state index in [2.05, 4.69) is 25.6 Å². The van der Waals surface area contributed by atoms with Gasteiger partial charge in [0.2, 0.25) is 10.0 Å². The molecular weight excluding hydrogens is 715 g/mol. The number of sulfonamides is 1. The van der Waals surface area contributed by atoms with Crippen molar-refractivity contribution in [3.05, 3.63) is 119 Å². The van der Waals surface area contributed by atoms with Crippen LogP contribution in [0.1, 0.15) is 5.69 Å². The van der Waals surface area contributed by atoms with Crippen LogP contribution in [0, 0.1) is 17.0 Å². The van der Waals surface area contributed by atoms with E-state index < -0.39 is 32.3 Å². The van der Waals surface area contributed by atoms with Gasteiger partial charge in [0.05, 0.1) is 32.6 Å². The van der Waals surface area contributed by atoms with Gasteiger partial charge in [0.1, 0.15) is 17.1 Å². The first-order valence-corrected chi connectivity index (χ1v) is 15.5. The van der Waals surface area contributed by atoms with Crippen LogP contribution >= 0.6 is 0 Å². The topological polar surface area (TPSA) is 260 Å². The number of fused-ring (bicyclic) bond motifs is 1. The summed E-state index contributed by atoms with van der Waals surface area (Å²) in [6.07, 6.45) is 0. The van der Waals surface area contributed by atoms with Gasteiger partial charge in [-0.3, -0.25) is 10.1 Å². The van der Waals surface area contributed by atoms with Gasteiger partial charge in [-0.1, -0.05) is 72.2 Å². The Bertz CT molecular complexity index is 2370. The number of nitrogens with two attached hydrogens (primary N) is 1. The molecule has 50 heavy (non-hydrogen) atoms. The summed E-state index contributed by atoms with van der Waals surface area (Å²) in [6.45, 7) is 1.58. The Hall–Kier alpha value is -6.21. The molecular formula is C32H23CoN8O8S. The minimum Gasteiger partial charge on any atom is -0.871 e. The number of primary sulfonamides is 1. The molecule has 18 heteroatoms. The number of nitro benzene ring substituents is 1. The first-order chi connectivity index (χ1) is 23.3. The molecule has 1 heterocycles. The van der Waals surface area contributed by atoms with Crippen molar-refractivity contribution in [1.29, 1.82) is 0 Å². The van der Waals surface area contributed by atoms with E-state index in [-0.39, 0.29) is 55.9 Å². The molecule has 0 bridgehead atoms. The van der Waals surface area contributed by atoms with Gasteiger partial charge >= 0.3 is 16.8 Å². The Morgan fingerprint density at radius 2 is 1.38 bits per heavy atom. The van der Waals surface area contributed by atoms with Gasteiger partial charge in [-0.15, -0.1) is 10.2 Å². The van der Waals surface area contributed by atoms with E-state index in [1.54, 1.807) is 49.4 Å². The summed E-state index contributed by atoms with van der Waals surface area (Å²) >= 11 is 0. The number of phenolic OH excluding ortho intramolecular Hbond substituents is 1. The molecule has 1 aromatic heterocycles. The summed E-state index contributed by atoms with van der Waals surface area (Å²) < 4.78 is 23.9. The molecule has 0 radical (unpaired) electrons. The van der Waals surface area contributed by atoms with Gasteiger partial charge in [-0.25, -0.2) is 18.2 Å². The zero-order valence-corrected chi connectivity index (χ0v) is 27.4. The van der Waals surface area contributed by atoms with E-state index in [0.717, 1.165) is 41.8 Å². The number of nitro groups is 1. The molecule has 0 amide bonds. The van der Waals surface area contributed by atoms with Crippen LogP contribution in [0.5, 0.6) is 23.1 Å². The number of azo groups is 2.